The molecule has 4 nitrogen and oxygen atoms in total. The van der Waals surface area contributed by atoms with Gasteiger partial charge in [0.05, 0.1) is 12.6 Å². The second kappa shape index (κ2) is 6.48. The first-order chi connectivity index (χ1) is 11.2. The number of para-hydroxylation sites is 1. The molecule has 3 rings (SSSR count). The molecule has 0 fully saturated rings. The molecule has 0 radical (unpaired) electrons. The van der Waals surface area contributed by atoms with Crippen molar-refractivity contribution in [1.29, 1.82) is 0 Å². The number of rotatable bonds is 4. The molecule has 2 aromatic carbocycles. The number of pyridine rings is 1. The van der Waals surface area contributed by atoms with E-state index in [1.807, 2.05) is 61.5 Å². The third-order valence-electron chi connectivity index (χ3n) is 3.68. The van der Waals surface area contributed by atoms with Gasteiger partial charge in [0.2, 0.25) is 5.88 Å². The number of carbonyl (C=O) groups excluding carboxylic acids is 1. The fourth-order valence-electron chi connectivity index (χ4n) is 2.62. The van der Waals surface area contributed by atoms with Gasteiger partial charge in [0, 0.05) is 23.1 Å². The summed E-state index contributed by atoms with van der Waals surface area (Å²) in [6.07, 6.45) is 0. The summed E-state index contributed by atoms with van der Waals surface area (Å²) < 4.78 is 5.46. The molecule has 0 saturated carbocycles. The van der Waals surface area contributed by atoms with Gasteiger partial charge in [0.15, 0.2) is 0 Å². The number of fused-ring (bicyclic) bond motifs is 1. The third-order valence-corrected chi connectivity index (χ3v) is 3.68. The Hall–Kier alpha value is -2.88. The maximum atomic E-state index is 12.3. The Morgan fingerprint density at radius 1 is 1.09 bits per heavy atom. The van der Waals surface area contributed by atoms with Crippen LogP contribution in [0.15, 0.2) is 54.6 Å². The molecule has 1 amide bonds. The minimum absolute atomic E-state index is 0.0988. The molecule has 0 aliphatic carbocycles. The predicted molar refractivity (Wildman–Crippen MR) is 91.7 cm³/mol. The number of aromatic nitrogens is 1. The smallest absolute Gasteiger partial charge is 0.251 e. The fourth-order valence-corrected chi connectivity index (χ4v) is 2.62. The van der Waals surface area contributed by atoms with E-state index in [0.717, 1.165) is 22.0 Å². The minimum Gasteiger partial charge on any atom is -0.481 e. The summed E-state index contributed by atoms with van der Waals surface area (Å²) in [6, 6.07) is 17.4. The molecule has 0 spiro atoms. The van der Waals surface area contributed by atoms with Crippen LogP contribution in [-0.2, 0) is 0 Å². The lowest BCUT2D eigenvalue weighted by Gasteiger charge is -2.13. The largest absolute Gasteiger partial charge is 0.481 e. The quantitative estimate of drug-likeness (QED) is 0.800. The van der Waals surface area contributed by atoms with Gasteiger partial charge in [-0.1, -0.05) is 36.4 Å². The highest BCUT2D eigenvalue weighted by Gasteiger charge is 2.16. The highest BCUT2D eigenvalue weighted by Crippen LogP contribution is 2.33. The van der Waals surface area contributed by atoms with E-state index in [-0.39, 0.29) is 5.91 Å². The number of hydrogen-bond acceptors (Lipinski definition) is 3. The SMILES string of the molecule is CCNC(=O)c1ccccc1-c1cc2ccccc2nc1OC. The zero-order valence-electron chi connectivity index (χ0n) is 13.2. The van der Waals surface area contributed by atoms with Crippen LogP contribution in [0.25, 0.3) is 22.0 Å². The summed E-state index contributed by atoms with van der Waals surface area (Å²) in [7, 11) is 1.59. The van der Waals surface area contributed by atoms with Crippen LogP contribution >= 0.6 is 0 Å². The summed E-state index contributed by atoms with van der Waals surface area (Å²) in [5.74, 6) is 0.416. The molecule has 116 valence electrons. The maximum Gasteiger partial charge on any atom is 0.251 e. The number of hydrogen-bond donors (Lipinski definition) is 1. The number of methoxy groups -OCH3 is 1. The van der Waals surface area contributed by atoms with E-state index < -0.39 is 0 Å². The van der Waals surface area contributed by atoms with Gasteiger partial charge in [-0.3, -0.25) is 4.79 Å². The van der Waals surface area contributed by atoms with E-state index in [1.54, 1.807) is 7.11 Å². The van der Waals surface area contributed by atoms with Crippen molar-refractivity contribution in [2.24, 2.45) is 0 Å². The summed E-state index contributed by atoms with van der Waals surface area (Å²) in [5, 5.41) is 3.85. The molecule has 23 heavy (non-hydrogen) atoms. The molecule has 0 aliphatic rings. The van der Waals surface area contributed by atoms with Crippen molar-refractivity contribution >= 4 is 16.8 Å². The normalized spacial score (nSPS) is 10.5. The number of carbonyl (C=O) groups is 1. The molecule has 1 aromatic heterocycles. The molecule has 4 heteroatoms. The molecule has 0 unspecified atom stereocenters. The van der Waals surface area contributed by atoms with Gasteiger partial charge in [0.25, 0.3) is 5.91 Å². The second-order valence-corrected chi connectivity index (χ2v) is 5.14. The van der Waals surface area contributed by atoms with Gasteiger partial charge in [-0.2, -0.15) is 0 Å². The van der Waals surface area contributed by atoms with Crippen LogP contribution < -0.4 is 10.1 Å². The van der Waals surface area contributed by atoms with Crippen LogP contribution in [0, 0.1) is 0 Å². The molecule has 1 heterocycles. The number of ether oxygens (including phenoxy) is 1. The van der Waals surface area contributed by atoms with Crippen molar-refractivity contribution in [1.82, 2.24) is 10.3 Å². The van der Waals surface area contributed by atoms with Crippen LogP contribution in [0.1, 0.15) is 17.3 Å². The minimum atomic E-state index is -0.0988. The van der Waals surface area contributed by atoms with Gasteiger partial charge < -0.3 is 10.1 Å². The van der Waals surface area contributed by atoms with Gasteiger partial charge >= 0.3 is 0 Å². The lowest BCUT2D eigenvalue weighted by molar-refractivity contribution is 0.0956. The number of benzene rings is 2. The average molecular weight is 306 g/mol. The first kappa shape index (κ1) is 15.0. The van der Waals surface area contributed by atoms with Crippen molar-refractivity contribution in [3.05, 3.63) is 60.2 Å². The van der Waals surface area contributed by atoms with E-state index in [0.29, 0.717) is 18.0 Å². The van der Waals surface area contributed by atoms with Crippen LogP contribution in [-0.4, -0.2) is 24.5 Å². The summed E-state index contributed by atoms with van der Waals surface area (Å²) in [4.78, 5) is 16.9. The summed E-state index contributed by atoms with van der Waals surface area (Å²) in [6.45, 7) is 2.49. The van der Waals surface area contributed by atoms with Crippen LogP contribution in [0.2, 0.25) is 0 Å². The second-order valence-electron chi connectivity index (χ2n) is 5.14. The average Bonchev–Trinajstić information content (AvgIpc) is 2.60. The summed E-state index contributed by atoms with van der Waals surface area (Å²) >= 11 is 0. The van der Waals surface area contributed by atoms with Gasteiger partial charge in [-0.25, -0.2) is 4.98 Å². The Labute approximate surface area is 135 Å². The lowest BCUT2D eigenvalue weighted by Crippen LogP contribution is -2.23. The van der Waals surface area contributed by atoms with Gasteiger partial charge in [0.1, 0.15) is 0 Å². The Morgan fingerprint density at radius 2 is 1.83 bits per heavy atom. The molecule has 0 saturated heterocycles. The van der Waals surface area contributed by atoms with E-state index >= 15 is 0 Å². The third kappa shape index (κ3) is 2.88. The first-order valence-electron chi connectivity index (χ1n) is 7.56. The van der Waals surface area contributed by atoms with Crippen LogP contribution in [0.4, 0.5) is 0 Å². The predicted octanol–water partition coefficient (Wildman–Crippen LogP) is 3.66. The highest BCUT2D eigenvalue weighted by molar-refractivity contribution is 6.02. The standard InChI is InChI=1S/C19H18N2O2/c1-3-20-18(22)15-10-6-5-9-14(15)16-12-13-8-4-7-11-17(13)21-19(16)23-2/h4-12H,3H2,1-2H3,(H,20,22). The number of amides is 1. The first-order valence-corrected chi connectivity index (χ1v) is 7.56. The van der Waals surface area contributed by atoms with E-state index in [4.69, 9.17) is 4.74 Å². The molecule has 0 aliphatic heterocycles. The van der Waals surface area contributed by atoms with Crippen molar-refractivity contribution < 1.29 is 9.53 Å². The van der Waals surface area contributed by atoms with E-state index in [9.17, 15) is 4.79 Å². The lowest BCUT2D eigenvalue weighted by atomic mass is 9.98. The molecule has 0 bridgehead atoms. The maximum absolute atomic E-state index is 12.3. The highest BCUT2D eigenvalue weighted by atomic mass is 16.5. The van der Waals surface area contributed by atoms with Crippen molar-refractivity contribution in [2.75, 3.05) is 13.7 Å². The van der Waals surface area contributed by atoms with E-state index in [1.165, 1.54) is 0 Å². The monoisotopic (exact) mass is 306 g/mol. The Bertz CT molecular complexity index is 859. The fraction of sp³-hybridized carbons (Fsp3) is 0.158. The Kier molecular flexibility index (Phi) is 4.24. The molecule has 3 aromatic rings. The zero-order valence-corrected chi connectivity index (χ0v) is 13.2. The zero-order chi connectivity index (χ0) is 16.2. The molecular formula is C19H18N2O2. The molecule has 0 atom stereocenters. The molecular weight excluding hydrogens is 288 g/mol. The Morgan fingerprint density at radius 3 is 2.61 bits per heavy atom. The molecule has 1 N–H and O–H groups in total. The van der Waals surface area contributed by atoms with Crippen molar-refractivity contribution in [3.63, 3.8) is 0 Å². The number of nitrogens with zero attached hydrogens (tertiary/aromatic N) is 1. The van der Waals surface area contributed by atoms with E-state index in [2.05, 4.69) is 10.3 Å². The number of nitrogens with one attached hydrogen (secondary N) is 1. The van der Waals surface area contributed by atoms with Crippen molar-refractivity contribution in [2.45, 2.75) is 6.92 Å². The van der Waals surface area contributed by atoms with Gasteiger partial charge in [-0.15, -0.1) is 0 Å². The van der Waals surface area contributed by atoms with Gasteiger partial charge in [-0.05, 0) is 30.7 Å². The Balaban J connectivity index is 2.22. The van der Waals surface area contributed by atoms with Crippen molar-refractivity contribution in [3.8, 4) is 17.0 Å². The summed E-state index contributed by atoms with van der Waals surface area (Å²) in [5.41, 5.74) is 3.11. The van der Waals surface area contributed by atoms with Crippen LogP contribution in [0.3, 0.4) is 0 Å². The van der Waals surface area contributed by atoms with Crippen LogP contribution in [0.5, 0.6) is 5.88 Å². The topological polar surface area (TPSA) is 51.2 Å².